The number of rotatable bonds is 7. The molecule has 2 heterocycles. The standard InChI is InChI=1S/C15H26N2S/c1-13(2)10-16-11-14-5-7-17(12-14)8-6-15-4-3-9-18-15/h3-4,9,13-14,16H,5-8,10-12H2,1-2H3. The Bertz CT molecular complexity index is 321. The third kappa shape index (κ3) is 4.71. The number of hydrogen-bond acceptors (Lipinski definition) is 3. The molecule has 0 saturated carbocycles. The van der Waals surface area contributed by atoms with Crippen LogP contribution in [0.5, 0.6) is 0 Å². The van der Waals surface area contributed by atoms with E-state index in [1.807, 2.05) is 11.3 Å². The fourth-order valence-electron chi connectivity index (χ4n) is 2.58. The molecule has 1 aliphatic rings. The van der Waals surface area contributed by atoms with Crippen LogP contribution in [-0.2, 0) is 6.42 Å². The van der Waals surface area contributed by atoms with Gasteiger partial charge in [0.2, 0.25) is 0 Å². The van der Waals surface area contributed by atoms with E-state index >= 15 is 0 Å². The summed E-state index contributed by atoms with van der Waals surface area (Å²) < 4.78 is 0. The van der Waals surface area contributed by atoms with Crippen molar-refractivity contribution < 1.29 is 0 Å². The molecule has 0 aliphatic carbocycles. The fraction of sp³-hybridized carbons (Fsp3) is 0.733. The minimum atomic E-state index is 0.765. The summed E-state index contributed by atoms with van der Waals surface area (Å²) in [5.74, 6) is 1.63. The highest BCUT2D eigenvalue weighted by Gasteiger charge is 2.21. The van der Waals surface area contributed by atoms with Crippen molar-refractivity contribution in [1.29, 1.82) is 0 Å². The third-order valence-corrected chi connectivity index (χ3v) is 4.55. The van der Waals surface area contributed by atoms with Gasteiger partial charge in [-0.3, -0.25) is 0 Å². The number of thiophene rings is 1. The van der Waals surface area contributed by atoms with Crippen LogP contribution in [0.1, 0.15) is 25.1 Å². The second-order valence-corrected chi connectivity index (χ2v) is 6.87. The summed E-state index contributed by atoms with van der Waals surface area (Å²) in [6.07, 6.45) is 2.60. The first-order chi connectivity index (χ1) is 8.74. The van der Waals surface area contributed by atoms with E-state index in [1.165, 1.54) is 43.9 Å². The molecule has 1 atom stereocenters. The molecule has 0 amide bonds. The summed E-state index contributed by atoms with van der Waals surface area (Å²) in [4.78, 5) is 4.15. The predicted molar refractivity (Wildman–Crippen MR) is 80.3 cm³/mol. The van der Waals surface area contributed by atoms with Crippen LogP contribution >= 0.6 is 11.3 Å². The molecule has 0 radical (unpaired) electrons. The molecule has 2 nitrogen and oxygen atoms in total. The molecule has 0 bridgehead atoms. The summed E-state index contributed by atoms with van der Waals surface area (Å²) in [6, 6.07) is 4.41. The summed E-state index contributed by atoms with van der Waals surface area (Å²) in [5.41, 5.74) is 0. The average Bonchev–Trinajstić information content (AvgIpc) is 2.96. The summed E-state index contributed by atoms with van der Waals surface area (Å²) in [5, 5.41) is 5.77. The Morgan fingerprint density at radius 1 is 1.50 bits per heavy atom. The van der Waals surface area contributed by atoms with E-state index in [9.17, 15) is 0 Å². The Kier molecular flexibility index (Phi) is 5.67. The molecule has 18 heavy (non-hydrogen) atoms. The lowest BCUT2D eigenvalue weighted by molar-refractivity contribution is 0.325. The van der Waals surface area contributed by atoms with E-state index < -0.39 is 0 Å². The van der Waals surface area contributed by atoms with E-state index in [2.05, 4.69) is 41.6 Å². The van der Waals surface area contributed by atoms with Gasteiger partial charge in [0.15, 0.2) is 0 Å². The van der Waals surface area contributed by atoms with E-state index in [0.717, 1.165) is 18.4 Å². The van der Waals surface area contributed by atoms with Crippen molar-refractivity contribution in [3.63, 3.8) is 0 Å². The topological polar surface area (TPSA) is 15.3 Å². The Hall–Kier alpha value is -0.380. The van der Waals surface area contributed by atoms with Gasteiger partial charge in [-0.15, -0.1) is 11.3 Å². The molecule has 1 aromatic rings. The van der Waals surface area contributed by atoms with E-state index in [-0.39, 0.29) is 0 Å². The van der Waals surface area contributed by atoms with Crippen molar-refractivity contribution in [1.82, 2.24) is 10.2 Å². The lowest BCUT2D eigenvalue weighted by atomic mass is 10.1. The van der Waals surface area contributed by atoms with Gasteiger partial charge in [-0.2, -0.15) is 0 Å². The predicted octanol–water partition coefficient (Wildman–Crippen LogP) is 2.86. The first-order valence-electron chi connectivity index (χ1n) is 7.19. The Morgan fingerprint density at radius 3 is 3.11 bits per heavy atom. The molecular formula is C15H26N2S. The van der Waals surface area contributed by atoms with Crippen LogP contribution in [-0.4, -0.2) is 37.6 Å². The van der Waals surface area contributed by atoms with Crippen LogP contribution in [0.3, 0.4) is 0 Å². The Morgan fingerprint density at radius 2 is 2.39 bits per heavy atom. The third-order valence-electron chi connectivity index (χ3n) is 3.61. The number of nitrogens with one attached hydrogen (secondary N) is 1. The molecule has 1 aromatic heterocycles. The van der Waals surface area contributed by atoms with Crippen molar-refractivity contribution in [3.8, 4) is 0 Å². The molecule has 1 unspecified atom stereocenters. The maximum atomic E-state index is 3.59. The lowest BCUT2D eigenvalue weighted by Gasteiger charge is -2.16. The van der Waals surface area contributed by atoms with Crippen molar-refractivity contribution in [2.45, 2.75) is 26.7 Å². The summed E-state index contributed by atoms with van der Waals surface area (Å²) >= 11 is 1.89. The van der Waals surface area contributed by atoms with Gasteiger partial charge in [-0.05, 0) is 55.8 Å². The maximum absolute atomic E-state index is 3.59. The van der Waals surface area contributed by atoms with E-state index in [1.54, 1.807) is 0 Å². The van der Waals surface area contributed by atoms with Crippen molar-refractivity contribution >= 4 is 11.3 Å². The normalized spacial score (nSPS) is 20.9. The van der Waals surface area contributed by atoms with Gasteiger partial charge >= 0.3 is 0 Å². The zero-order chi connectivity index (χ0) is 12.8. The van der Waals surface area contributed by atoms with Crippen molar-refractivity contribution in [2.75, 3.05) is 32.7 Å². The molecule has 1 fully saturated rings. The quantitative estimate of drug-likeness (QED) is 0.816. The first-order valence-corrected chi connectivity index (χ1v) is 8.07. The van der Waals surface area contributed by atoms with Gasteiger partial charge < -0.3 is 10.2 Å². The van der Waals surface area contributed by atoms with Crippen LogP contribution < -0.4 is 5.32 Å². The highest BCUT2D eigenvalue weighted by atomic mass is 32.1. The molecule has 102 valence electrons. The maximum Gasteiger partial charge on any atom is 0.00579 e. The van der Waals surface area contributed by atoms with Gasteiger partial charge in [-0.1, -0.05) is 19.9 Å². The van der Waals surface area contributed by atoms with Crippen LogP contribution in [0.4, 0.5) is 0 Å². The summed E-state index contributed by atoms with van der Waals surface area (Å²) in [7, 11) is 0. The first kappa shape index (κ1) is 14.0. The molecule has 2 rings (SSSR count). The van der Waals surface area contributed by atoms with Gasteiger partial charge in [0.1, 0.15) is 0 Å². The minimum absolute atomic E-state index is 0.765. The molecule has 1 saturated heterocycles. The smallest absolute Gasteiger partial charge is 0.00579 e. The van der Waals surface area contributed by atoms with Crippen LogP contribution in [0, 0.1) is 11.8 Å². The van der Waals surface area contributed by atoms with Gasteiger partial charge in [0.25, 0.3) is 0 Å². The molecule has 1 N–H and O–H groups in total. The lowest BCUT2D eigenvalue weighted by Crippen LogP contribution is -2.29. The summed E-state index contributed by atoms with van der Waals surface area (Å²) in [6.45, 7) is 10.7. The van der Waals surface area contributed by atoms with Crippen molar-refractivity contribution in [3.05, 3.63) is 22.4 Å². The zero-order valence-corrected chi connectivity index (χ0v) is 12.5. The SMILES string of the molecule is CC(C)CNCC1CCN(CCc2cccs2)C1. The highest BCUT2D eigenvalue weighted by molar-refractivity contribution is 7.09. The number of nitrogens with zero attached hydrogens (tertiary/aromatic N) is 1. The van der Waals surface area contributed by atoms with Gasteiger partial charge in [-0.25, -0.2) is 0 Å². The van der Waals surface area contributed by atoms with Crippen LogP contribution in [0.2, 0.25) is 0 Å². The van der Waals surface area contributed by atoms with Crippen LogP contribution in [0.15, 0.2) is 17.5 Å². The second-order valence-electron chi connectivity index (χ2n) is 5.84. The molecule has 0 spiro atoms. The van der Waals surface area contributed by atoms with E-state index in [4.69, 9.17) is 0 Å². The zero-order valence-electron chi connectivity index (χ0n) is 11.7. The van der Waals surface area contributed by atoms with Crippen molar-refractivity contribution in [2.24, 2.45) is 11.8 Å². The molecule has 3 heteroatoms. The van der Waals surface area contributed by atoms with Gasteiger partial charge in [0.05, 0.1) is 0 Å². The average molecular weight is 266 g/mol. The molecule has 1 aliphatic heterocycles. The molecular weight excluding hydrogens is 240 g/mol. The largest absolute Gasteiger partial charge is 0.316 e. The van der Waals surface area contributed by atoms with Crippen LogP contribution in [0.25, 0.3) is 0 Å². The Labute approximate surface area is 115 Å². The monoisotopic (exact) mass is 266 g/mol. The number of hydrogen-bond donors (Lipinski definition) is 1. The van der Waals surface area contributed by atoms with Gasteiger partial charge in [0, 0.05) is 18.0 Å². The highest BCUT2D eigenvalue weighted by Crippen LogP contribution is 2.17. The fourth-order valence-corrected chi connectivity index (χ4v) is 3.28. The minimum Gasteiger partial charge on any atom is -0.316 e. The second kappa shape index (κ2) is 7.27. The van der Waals surface area contributed by atoms with E-state index in [0.29, 0.717) is 0 Å². The Balaban J connectivity index is 1.59. The number of likely N-dealkylation sites (tertiary alicyclic amines) is 1. The molecule has 0 aromatic carbocycles.